The van der Waals surface area contributed by atoms with Gasteiger partial charge in [0, 0.05) is 25.2 Å². The molecule has 162 valence electrons. The van der Waals surface area contributed by atoms with Crippen molar-refractivity contribution in [3.05, 3.63) is 36.0 Å². The molecule has 1 aliphatic rings. The van der Waals surface area contributed by atoms with Crippen molar-refractivity contribution >= 4 is 5.97 Å². The highest BCUT2D eigenvalue weighted by atomic mass is 19.4. The molecule has 0 radical (unpaired) electrons. The molecule has 1 fully saturated rings. The van der Waals surface area contributed by atoms with Crippen molar-refractivity contribution in [3.63, 3.8) is 0 Å². The predicted molar refractivity (Wildman–Crippen MR) is 95.7 cm³/mol. The van der Waals surface area contributed by atoms with E-state index in [1.807, 2.05) is 23.2 Å². The molecule has 8 nitrogen and oxygen atoms in total. The van der Waals surface area contributed by atoms with E-state index in [0.29, 0.717) is 11.6 Å². The van der Waals surface area contributed by atoms with Crippen LogP contribution in [-0.2, 0) is 23.5 Å². The number of likely N-dealkylation sites (tertiary alicyclic amines) is 1. The topological polar surface area (TPSA) is 105 Å². The number of carboxylic acids is 1. The number of piperidine rings is 1. The third-order valence-electron chi connectivity index (χ3n) is 4.44. The van der Waals surface area contributed by atoms with Crippen molar-refractivity contribution in [2.75, 3.05) is 13.1 Å². The van der Waals surface area contributed by atoms with E-state index in [-0.39, 0.29) is 0 Å². The number of aliphatic hydroxyl groups is 1. The van der Waals surface area contributed by atoms with Crippen LogP contribution < -0.4 is 0 Å². The first-order valence-electron chi connectivity index (χ1n) is 9.11. The molecule has 0 spiro atoms. The van der Waals surface area contributed by atoms with Crippen molar-refractivity contribution in [3.8, 4) is 0 Å². The van der Waals surface area contributed by atoms with E-state index in [9.17, 15) is 18.3 Å². The largest absolute Gasteiger partial charge is 0.490 e. The van der Waals surface area contributed by atoms with Crippen LogP contribution in [0.5, 0.6) is 0 Å². The molecule has 1 saturated heterocycles. The summed E-state index contributed by atoms with van der Waals surface area (Å²) in [5, 5.41) is 25.3. The lowest BCUT2D eigenvalue weighted by molar-refractivity contribution is -0.192. The molecule has 3 heterocycles. The fourth-order valence-corrected chi connectivity index (χ4v) is 3.02. The Kier molecular flexibility index (Phi) is 7.42. The Morgan fingerprint density at radius 3 is 2.59 bits per heavy atom. The van der Waals surface area contributed by atoms with Crippen LogP contribution in [-0.4, -0.2) is 55.3 Å². The van der Waals surface area contributed by atoms with E-state index in [0.717, 1.165) is 26.2 Å². The van der Waals surface area contributed by atoms with Gasteiger partial charge in [-0.05, 0) is 45.2 Å². The lowest BCUT2D eigenvalue weighted by Crippen LogP contribution is -2.36. The fraction of sp³-hybridized carbons (Fsp3) is 0.611. The second-order valence-electron chi connectivity index (χ2n) is 7.56. The zero-order chi connectivity index (χ0) is 21.7. The Labute approximate surface area is 165 Å². The maximum Gasteiger partial charge on any atom is 0.490 e. The first kappa shape index (κ1) is 22.9. The SMILES string of the molecule is CC(C)(O)c1cn(CC2CCCN(Cc3ccoc3)C2)nn1.O=C(O)C(F)(F)F. The van der Waals surface area contributed by atoms with Crippen molar-refractivity contribution < 1.29 is 32.6 Å². The lowest BCUT2D eigenvalue weighted by atomic mass is 9.97. The number of halogens is 3. The van der Waals surface area contributed by atoms with Crippen LogP contribution in [0.15, 0.2) is 29.2 Å². The van der Waals surface area contributed by atoms with E-state index in [1.165, 1.54) is 18.4 Å². The molecule has 2 aromatic heterocycles. The number of hydrogen-bond donors (Lipinski definition) is 2. The van der Waals surface area contributed by atoms with Gasteiger partial charge in [0.25, 0.3) is 0 Å². The number of hydrogen-bond acceptors (Lipinski definition) is 6. The zero-order valence-corrected chi connectivity index (χ0v) is 16.3. The van der Waals surface area contributed by atoms with Crippen LogP contribution in [0.25, 0.3) is 0 Å². The minimum Gasteiger partial charge on any atom is -0.475 e. The van der Waals surface area contributed by atoms with Gasteiger partial charge in [-0.25, -0.2) is 4.79 Å². The normalized spacial score (nSPS) is 18.2. The molecule has 0 saturated carbocycles. The number of carboxylic acid groups (broad SMARTS) is 1. The smallest absolute Gasteiger partial charge is 0.475 e. The Morgan fingerprint density at radius 2 is 2.07 bits per heavy atom. The molecule has 0 bridgehead atoms. The number of aromatic nitrogens is 3. The Morgan fingerprint density at radius 1 is 1.38 bits per heavy atom. The van der Waals surface area contributed by atoms with Crippen LogP contribution in [0, 0.1) is 5.92 Å². The van der Waals surface area contributed by atoms with Crippen molar-refractivity contribution in [2.24, 2.45) is 5.92 Å². The Hall–Kier alpha value is -2.40. The lowest BCUT2D eigenvalue weighted by Gasteiger charge is -2.32. The van der Waals surface area contributed by atoms with E-state index in [4.69, 9.17) is 14.3 Å². The van der Waals surface area contributed by atoms with Gasteiger partial charge in [0.05, 0.1) is 18.7 Å². The maximum atomic E-state index is 10.6. The summed E-state index contributed by atoms with van der Waals surface area (Å²) in [5.41, 5.74) is 0.919. The summed E-state index contributed by atoms with van der Waals surface area (Å²) < 4.78 is 38.7. The summed E-state index contributed by atoms with van der Waals surface area (Å²) in [6.45, 7) is 7.45. The average molecular weight is 418 g/mol. The molecule has 1 atom stereocenters. The third-order valence-corrected chi connectivity index (χ3v) is 4.44. The molecular weight excluding hydrogens is 393 g/mol. The molecule has 0 aromatic carbocycles. The molecular formula is C18H25F3N4O4. The fourth-order valence-electron chi connectivity index (χ4n) is 3.02. The Balaban J connectivity index is 0.000000370. The number of nitrogens with zero attached hydrogens (tertiary/aromatic N) is 4. The number of rotatable bonds is 5. The van der Waals surface area contributed by atoms with Gasteiger partial charge in [0.1, 0.15) is 11.3 Å². The van der Waals surface area contributed by atoms with Crippen molar-refractivity contribution in [1.82, 2.24) is 19.9 Å². The standard InChI is InChI=1S/C16H24N4O2.C2HF3O2/c1-16(2,21)15-11-20(18-17-15)10-13-4-3-6-19(8-13)9-14-5-7-22-12-14;3-2(4,5)1(6)7/h5,7,11-13,21H,3-4,6,8-10H2,1-2H3;(H,6,7). The Bertz CT molecular complexity index is 769. The molecule has 3 rings (SSSR count). The van der Waals surface area contributed by atoms with Gasteiger partial charge in [0.15, 0.2) is 0 Å². The number of furan rings is 1. The quantitative estimate of drug-likeness (QED) is 0.769. The molecule has 11 heteroatoms. The van der Waals surface area contributed by atoms with Crippen LogP contribution in [0.4, 0.5) is 13.2 Å². The number of carbonyl (C=O) groups is 1. The first-order valence-corrected chi connectivity index (χ1v) is 9.11. The van der Waals surface area contributed by atoms with Crippen LogP contribution in [0.3, 0.4) is 0 Å². The third kappa shape index (κ3) is 7.50. The molecule has 2 N–H and O–H groups in total. The van der Waals surface area contributed by atoms with E-state index < -0.39 is 17.7 Å². The molecule has 0 aliphatic carbocycles. The van der Waals surface area contributed by atoms with Crippen molar-refractivity contribution in [1.29, 1.82) is 0 Å². The predicted octanol–water partition coefficient (Wildman–Crippen LogP) is 2.64. The summed E-state index contributed by atoms with van der Waals surface area (Å²) in [5.74, 6) is -2.19. The van der Waals surface area contributed by atoms with Gasteiger partial charge < -0.3 is 14.6 Å². The molecule has 29 heavy (non-hydrogen) atoms. The molecule has 0 amide bonds. The average Bonchev–Trinajstić information content (AvgIpc) is 3.26. The molecule has 2 aromatic rings. The highest BCUT2D eigenvalue weighted by molar-refractivity contribution is 5.73. The first-order chi connectivity index (χ1) is 13.4. The summed E-state index contributed by atoms with van der Waals surface area (Å²) in [6, 6.07) is 2.02. The van der Waals surface area contributed by atoms with Gasteiger partial charge in [0.2, 0.25) is 0 Å². The van der Waals surface area contributed by atoms with Gasteiger partial charge in [-0.3, -0.25) is 9.58 Å². The second-order valence-corrected chi connectivity index (χ2v) is 7.56. The monoisotopic (exact) mass is 418 g/mol. The van der Waals surface area contributed by atoms with Crippen molar-refractivity contribution in [2.45, 2.75) is 51.6 Å². The van der Waals surface area contributed by atoms with Gasteiger partial charge in [-0.15, -0.1) is 5.10 Å². The molecule has 1 unspecified atom stereocenters. The number of aliphatic carboxylic acids is 1. The minimum absolute atomic E-state index is 0.567. The van der Waals surface area contributed by atoms with E-state index in [1.54, 1.807) is 20.1 Å². The summed E-state index contributed by atoms with van der Waals surface area (Å²) in [6.07, 6.45) is 2.73. The highest BCUT2D eigenvalue weighted by Gasteiger charge is 2.38. The zero-order valence-electron chi connectivity index (χ0n) is 16.3. The van der Waals surface area contributed by atoms with Crippen LogP contribution in [0.2, 0.25) is 0 Å². The summed E-state index contributed by atoms with van der Waals surface area (Å²) >= 11 is 0. The summed E-state index contributed by atoms with van der Waals surface area (Å²) in [7, 11) is 0. The maximum absolute atomic E-state index is 10.6. The van der Waals surface area contributed by atoms with E-state index in [2.05, 4.69) is 15.2 Å². The summed E-state index contributed by atoms with van der Waals surface area (Å²) in [4.78, 5) is 11.4. The van der Waals surface area contributed by atoms with Gasteiger partial charge >= 0.3 is 12.1 Å². The second kappa shape index (κ2) is 9.40. The highest BCUT2D eigenvalue weighted by Crippen LogP contribution is 2.21. The molecule has 1 aliphatic heterocycles. The van der Waals surface area contributed by atoms with E-state index >= 15 is 0 Å². The van der Waals surface area contributed by atoms with Gasteiger partial charge in [-0.2, -0.15) is 13.2 Å². The van der Waals surface area contributed by atoms with Crippen LogP contribution in [0.1, 0.15) is 37.9 Å². The number of alkyl halides is 3. The van der Waals surface area contributed by atoms with Crippen LogP contribution >= 0.6 is 0 Å². The minimum atomic E-state index is -5.08. The van der Waals surface area contributed by atoms with Gasteiger partial charge in [-0.1, -0.05) is 5.21 Å².